The molecule has 0 saturated carbocycles. The first kappa shape index (κ1) is 17.1. The van der Waals surface area contributed by atoms with Gasteiger partial charge in [-0.15, -0.1) is 0 Å². The Hall–Kier alpha value is -2.31. The summed E-state index contributed by atoms with van der Waals surface area (Å²) < 4.78 is 0. The maximum atomic E-state index is 10.8. The largest absolute Gasteiger partial charge is 0.506 e. The Morgan fingerprint density at radius 2 is 2.09 bits per heavy atom. The lowest BCUT2D eigenvalue weighted by molar-refractivity contribution is -0.384. The molecule has 0 aliphatic heterocycles. The molecule has 0 spiro atoms. The summed E-state index contributed by atoms with van der Waals surface area (Å²) in [6.45, 7) is 1.85. The van der Waals surface area contributed by atoms with Crippen LogP contribution >= 0.6 is 23.2 Å². The minimum absolute atomic E-state index is 0.0445. The Kier molecular flexibility index (Phi) is 5.41. The third-order valence-corrected chi connectivity index (χ3v) is 3.56. The number of non-ortho nitro benzene ring substituents is 1. The molecule has 0 radical (unpaired) electrons. The number of nitro benzene ring substituents is 1. The van der Waals surface area contributed by atoms with Gasteiger partial charge in [0.2, 0.25) is 0 Å². The van der Waals surface area contributed by atoms with E-state index in [0.29, 0.717) is 28.4 Å². The van der Waals surface area contributed by atoms with E-state index in [9.17, 15) is 15.2 Å². The molecule has 0 saturated heterocycles. The van der Waals surface area contributed by atoms with E-state index in [-0.39, 0.29) is 16.5 Å². The first-order chi connectivity index (χ1) is 10.9. The van der Waals surface area contributed by atoms with E-state index >= 15 is 0 Å². The molecule has 0 bridgehead atoms. The number of hydrogen-bond donors (Lipinski definition) is 2. The standard InChI is InChI=1S/C15H13Cl2N3O3/c1-2-14(12-6-9(16)7-13(17)15(12)21)19-18-10-4-3-5-11(8-10)20(22)23/h3-8,18,21H,2H2,1H3/b19-14+. The normalized spacial score (nSPS) is 11.3. The molecule has 23 heavy (non-hydrogen) atoms. The number of nitrogens with zero attached hydrogens (tertiary/aromatic N) is 2. The van der Waals surface area contributed by atoms with E-state index in [4.69, 9.17) is 23.2 Å². The molecular weight excluding hydrogens is 341 g/mol. The molecular formula is C15H13Cl2N3O3. The number of nitrogens with one attached hydrogen (secondary N) is 1. The van der Waals surface area contributed by atoms with E-state index in [2.05, 4.69) is 10.5 Å². The van der Waals surface area contributed by atoms with E-state index in [1.54, 1.807) is 18.2 Å². The van der Waals surface area contributed by atoms with Gasteiger partial charge in [-0.1, -0.05) is 36.2 Å². The number of hydrogen-bond acceptors (Lipinski definition) is 5. The molecule has 0 amide bonds. The van der Waals surface area contributed by atoms with E-state index in [1.165, 1.54) is 18.2 Å². The summed E-state index contributed by atoms with van der Waals surface area (Å²) in [6.07, 6.45) is 0.492. The van der Waals surface area contributed by atoms with Gasteiger partial charge >= 0.3 is 0 Å². The van der Waals surface area contributed by atoms with Crippen LogP contribution in [0.2, 0.25) is 10.0 Å². The zero-order chi connectivity index (χ0) is 17.0. The summed E-state index contributed by atoms with van der Waals surface area (Å²) >= 11 is 11.9. The zero-order valence-electron chi connectivity index (χ0n) is 12.1. The van der Waals surface area contributed by atoms with Crippen molar-refractivity contribution in [3.8, 4) is 5.75 Å². The average molecular weight is 354 g/mol. The summed E-state index contributed by atoms with van der Waals surface area (Å²) in [5.41, 5.74) is 4.07. The predicted octanol–water partition coefficient (Wildman–Crippen LogP) is 4.83. The van der Waals surface area contributed by atoms with Gasteiger partial charge in [0, 0.05) is 22.7 Å². The van der Waals surface area contributed by atoms with Crippen molar-refractivity contribution in [2.75, 3.05) is 5.43 Å². The molecule has 0 aromatic heterocycles. The molecule has 6 nitrogen and oxygen atoms in total. The van der Waals surface area contributed by atoms with Gasteiger partial charge in [0.15, 0.2) is 0 Å². The number of phenolic OH excluding ortho intramolecular Hbond substituents is 1. The van der Waals surface area contributed by atoms with Gasteiger partial charge in [0.25, 0.3) is 5.69 Å². The van der Waals surface area contributed by atoms with Gasteiger partial charge < -0.3 is 5.11 Å². The van der Waals surface area contributed by atoms with Crippen molar-refractivity contribution in [3.05, 3.63) is 62.1 Å². The highest BCUT2D eigenvalue weighted by Gasteiger charge is 2.13. The van der Waals surface area contributed by atoms with Gasteiger partial charge in [-0.25, -0.2) is 0 Å². The van der Waals surface area contributed by atoms with E-state index in [1.807, 2.05) is 6.92 Å². The molecule has 0 aliphatic carbocycles. The van der Waals surface area contributed by atoms with Crippen molar-refractivity contribution in [1.82, 2.24) is 0 Å². The number of rotatable bonds is 5. The lowest BCUT2D eigenvalue weighted by Gasteiger charge is -2.10. The Morgan fingerprint density at radius 3 is 2.74 bits per heavy atom. The van der Waals surface area contributed by atoms with Crippen molar-refractivity contribution in [2.24, 2.45) is 5.10 Å². The Bertz CT molecular complexity index is 779. The fraction of sp³-hybridized carbons (Fsp3) is 0.133. The van der Waals surface area contributed by atoms with Crippen LogP contribution in [-0.4, -0.2) is 15.7 Å². The quantitative estimate of drug-likeness (QED) is 0.457. The van der Waals surface area contributed by atoms with Gasteiger partial charge in [-0.2, -0.15) is 5.10 Å². The second kappa shape index (κ2) is 7.30. The lowest BCUT2D eigenvalue weighted by Crippen LogP contribution is -2.04. The molecule has 8 heteroatoms. The number of hydrazone groups is 1. The highest BCUT2D eigenvalue weighted by molar-refractivity contribution is 6.36. The molecule has 0 aliphatic rings. The molecule has 0 fully saturated rings. The van der Waals surface area contributed by atoms with Crippen LogP contribution in [0.25, 0.3) is 0 Å². The number of halogens is 2. The van der Waals surface area contributed by atoms with Crippen molar-refractivity contribution >= 4 is 40.3 Å². The van der Waals surface area contributed by atoms with Gasteiger partial charge in [-0.05, 0) is 24.6 Å². The minimum Gasteiger partial charge on any atom is -0.506 e. The van der Waals surface area contributed by atoms with Gasteiger partial charge in [-0.3, -0.25) is 15.5 Å². The molecule has 120 valence electrons. The lowest BCUT2D eigenvalue weighted by atomic mass is 10.1. The molecule has 2 N–H and O–H groups in total. The van der Waals surface area contributed by atoms with Gasteiger partial charge in [0.1, 0.15) is 5.75 Å². The molecule has 2 aromatic carbocycles. The summed E-state index contributed by atoms with van der Waals surface area (Å²) in [7, 11) is 0. The highest BCUT2D eigenvalue weighted by Crippen LogP contribution is 2.32. The number of anilines is 1. The summed E-state index contributed by atoms with van der Waals surface area (Å²) in [4.78, 5) is 10.3. The van der Waals surface area contributed by atoms with Crippen LogP contribution in [0.4, 0.5) is 11.4 Å². The second-order valence-corrected chi connectivity index (χ2v) is 5.46. The monoisotopic (exact) mass is 353 g/mol. The summed E-state index contributed by atoms with van der Waals surface area (Å²) in [5, 5.41) is 25.5. The Balaban J connectivity index is 2.33. The van der Waals surface area contributed by atoms with Crippen LogP contribution in [0.15, 0.2) is 41.5 Å². The maximum absolute atomic E-state index is 10.8. The fourth-order valence-corrected chi connectivity index (χ4v) is 2.43. The van der Waals surface area contributed by atoms with Crippen LogP contribution in [0.3, 0.4) is 0 Å². The summed E-state index contributed by atoms with van der Waals surface area (Å²) in [5.74, 6) is -0.113. The number of nitro groups is 1. The Morgan fingerprint density at radius 1 is 1.35 bits per heavy atom. The SMILES string of the molecule is CC/C(=N\Nc1cccc([N+](=O)[O-])c1)c1cc(Cl)cc(Cl)c1O. The Labute approximate surface area is 142 Å². The molecule has 0 atom stereocenters. The third kappa shape index (κ3) is 4.12. The maximum Gasteiger partial charge on any atom is 0.271 e. The second-order valence-electron chi connectivity index (χ2n) is 4.62. The number of phenols is 1. The van der Waals surface area contributed by atoms with E-state index < -0.39 is 4.92 Å². The molecule has 0 unspecified atom stereocenters. The van der Waals surface area contributed by atoms with Crippen molar-refractivity contribution in [3.63, 3.8) is 0 Å². The molecule has 0 heterocycles. The first-order valence-corrected chi connectivity index (χ1v) is 7.43. The predicted molar refractivity (Wildman–Crippen MR) is 91.7 cm³/mol. The number of benzene rings is 2. The third-order valence-electron chi connectivity index (χ3n) is 3.05. The average Bonchev–Trinajstić information content (AvgIpc) is 2.52. The van der Waals surface area contributed by atoms with Gasteiger partial charge in [0.05, 0.1) is 21.3 Å². The molecule has 2 rings (SSSR count). The summed E-state index contributed by atoms with van der Waals surface area (Å²) in [6, 6.07) is 8.94. The van der Waals surface area contributed by atoms with Crippen molar-refractivity contribution in [1.29, 1.82) is 0 Å². The zero-order valence-corrected chi connectivity index (χ0v) is 13.6. The topological polar surface area (TPSA) is 87.8 Å². The fourth-order valence-electron chi connectivity index (χ4n) is 1.94. The first-order valence-electron chi connectivity index (χ1n) is 6.67. The van der Waals surface area contributed by atoms with Crippen LogP contribution in [0.1, 0.15) is 18.9 Å². The molecule has 2 aromatic rings. The van der Waals surface area contributed by atoms with E-state index in [0.717, 1.165) is 0 Å². The van der Waals surface area contributed by atoms with Crippen LogP contribution in [0.5, 0.6) is 5.75 Å². The van der Waals surface area contributed by atoms with Crippen LogP contribution in [-0.2, 0) is 0 Å². The minimum atomic E-state index is -0.488. The van der Waals surface area contributed by atoms with Crippen LogP contribution < -0.4 is 5.43 Å². The van der Waals surface area contributed by atoms with Crippen LogP contribution in [0, 0.1) is 10.1 Å². The smallest absolute Gasteiger partial charge is 0.271 e. The number of aromatic hydroxyl groups is 1. The van der Waals surface area contributed by atoms with Crippen molar-refractivity contribution < 1.29 is 10.0 Å². The van der Waals surface area contributed by atoms with Crippen molar-refractivity contribution in [2.45, 2.75) is 13.3 Å². The highest BCUT2D eigenvalue weighted by atomic mass is 35.5.